The van der Waals surface area contributed by atoms with Gasteiger partial charge in [-0.2, -0.15) is 5.26 Å². The summed E-state index contributed by atoms with van der Waals surface area (Å²) in [4.78, 5) is 15.7. The van der Waals surface area contributed by atoms with Gasteiger partial charge in [-0.25, -0.2) is 0 Å². The molecule has 0 radical (unpaired) electrons. The first-order chi connectivity index (χ1) is 11.6. The van der Waals surface area contributed by atoms with Gasteiger partial charge in [0.25, 0.3) is 5.91 Å². The standard InChI is InChI=1S/C20H17N3O/c1-13-6-5-7-16(10-13)23-20(24)15(12-21)11-18-14(2)22-19-9-4-3-8-17(18)19/h3-11,22H,1-2H3,(H,23,24). The molecule has 0 aliphatic carbocycles. The number of rotatable bonds is 3. The average Bonchev–Trinajstić information content (AvgIpc) is 2.87. The predicted molar refractivity (Wildman–Crippen MR) is 96.4 cm³/mol. The van der Waals surface area contributed by atoms with E-state index in [0.717, 1.165) is 27.7 Å². The Labute approximate surface area is 140 Å². The summed E-state index contributed by atoms with van der Waals surface area (Å²) >= 11 is 0. The average molecular weight is 315 g/mol. The Kier molecular flexibility index (Phi) is 4.17. The molecule has 0 saturated heterocycles. The molecule has 0 fully saturated rings. The molecule has 4 heteroatoms. The van der Waals surface area contributed by atoms with Crippen LogP contribution >= 0.6 is 0 Å². The molecule has 0 saturated carbocycles. The second-order valence-electron chi connectivity index (χ2n) is 5.70. The van der Waals surface area contributed by atoms with Crippen LogP contribution in [0.5, 0.6) is 0 Å². The van der Waals surface area contributed by atoms with E-state index in [-0.39, 0.29) is 5.57 Å². The van der Waals surface area contributed by atoms with Gasteiger partial charge in [-0.15, -0.1) is 0 Å². The molecule has 1 heterocycles. The molecule has 3 rings (SSSR count). The highest BCUT2D eigenvalue weighted by Crippen LogP contribution is 2.24. The lowest BCUT2D eigenvalue weighted by Crippen LogP contribution is -2.13. The molecular formula is C20H17N3O. The Hall–Kier alpha value is -3.32. The Bertz CT molecular complexity index is 990. The second kappa shape index (κ2) is 6.43. The lowest BCUT2D eigenvalue weighted by Gasteiger charge is -2.05. The lowest BCUT2D eigenvalue weighted by atomic mass is 10.1. The first-order valence-electron chi connectivity index (χ1n) is 7.65. The fourth-order valence-corrected chi connectivity index (χ4v) is 2.70. The fourth-order valence-electron chi connectivity index (χ4n) is 2.70. The normalized spacial score (nSPS) is 11.3. The monoisotopic (exact) mass is 315 g/mol. The Balaban J connectivity index is 1.95. The quantitative estimate of drug-likeness (QED) is 0.558. The van der Waals surface area contributed by atoms with E-state index in [1.807, 2.05) is 62.4 Å². The number of hydrogen-bond donors (Lipinski definition) is 2. The van der Waals surface area contributed by atoms with Gasteiger partial charge in [0.15, 0.2) is 0 Å². The van der Waals surface area contributed by atoms with Gasteiger partial charge < -0.3 is 10.3 Å². The number of para-hydroxylation sites is 1. The highest BCUT2D eigenvalue weighted by atomic mass is 16.1. The number of nitrogens with one attached hydrogen (secondary N) is 2. The molecule has 0 aliphatic heterocycles. The van der Waals surface area contributed by atoms with E-state index in [1.54, 1.807) is 12.1 Å². The van der Waals surface area contributed by atoms with Crippen LogP contribution in [0.3, 0.4) is 0 Å². The SMILES string of the molecule is Cc1cccc(NC(=O)C(C#N)=Cc2c(C)[nH]c3ccccc23)c1. The molecular weight excluding hydrogens is 298 g/mol. The van der Waals surface area contributed by atoms with Crippen molar-refractivity contribution in [1.82, 2.24) is 4.98 Å². The van der Waals surface area contributed by atoms with Crippen molar-refractivity contribution in [3.63, 3.8) is 0 Å². The van der Waals surface area contributed by atoms with Crippen LogP contribution in [0.4, 0.5) is 5.69 Å². The number of aryl methyl sites for hydroxylation is 2. The van der Waals surface area contributed by atoms with E-state index in [4.69, 9.17) is 0 Å². The number of H-pyrrole nitrogens is 1. The Morgan fingerprint density at radius 2 is 1.96 bits per heavy atom. The first-order valence-corrected chi connectivity index (χ1v) is 7.65. The predicted octanol–water partition coefficient (Wildman–Crippen LogP) is 4.33. The summed E-state index contributed by atoms with van der Waals surface area (Å²) in [6.45, 7) is 3.88. The van der Waals surface area contributed by atoms with Gasteiger partial charge in [0.1, 0.15) is 11.6 Å². The maximum Gasteiger partial charge on any atom is 0.266 e. The van der Waals surface area contributed by atoms with Gasteiger partial charge in [-0.05, 0) is 43.7 Å². The second-order valence-corrected chi connectivity index (χ2v) is 5.70. The molecule has 2 aromatic carbocycles. The third kappa shape index (κ3) is 3.06. The maximum atomic E-state index is 12.4. The summed E-state index contributed by atoms with van der Waals surface area (Å²) < 4.78 is 0. The molecule has 0 spiro atoms. The van der Waals surface area contributed by atoms with Crippen LogP contribution in [0.15, 0.2) is 54.1 Å². The van der Waals surface area contributed by atoms with Crippen molar-refractivity contribution in [3.05, 3.63) is 70.9 Å². The zero-order chi connectivity index (χ0) is 17.1. The van der Waals surface area contributed by atoms with E-state index in [9.17, 15) is 10.1 Å². The first kappa shape index (κ1) is 15.6. The fraction of sp³-hybridized carbons (Fsp3) is 0.100. The Morgan fingerprint density at radius 3 is 2.71 bits per heavy atom. The number of carbonyl (C=O) groups is 1. The number of fused-ring (bicyclic) bond motifs is 1. The summed E-state index contributed by atoms with van der Waals surface area (Å²) in [6.07, 6.45) is 1.64. The van der Waals surface area contributed by atoms with Gasteiger partial charge in [-0.1, -0.05) is 30.3 Å². The number of hydrogen-bond acceptors (Lipinski definition) is 2. The zero-order valence-corrected chi connectivity index (χ0v) is 13.6. The van der Waals surface area contributed by atoms with Crippen molar-refractivity contribution in [2.45, 2.75) is 13.8 Å². The number of nitriles is 1. The molecule has 3 aromatic rings. The van der Waals surface area contributed by atoms with Crippen LogP contribution in [-0.2, 0) is 4.79 Å². The number of carbonyl (C=O) groups excluding carboxylic acids is 1. The highest BCUT2D eigenvalue weighted by Gasteiger charge is 2.13. The minimum absolute atomic E-state index is 0.0735. The van der Waals surface area contributed by atoms with E-state index in [0.29, 0.717) is 5.69 Å². The minimum atomic E-state index is -0.409. The van der Waals surface area contributed by atoms with E-state index in [1.165, 1.54) is 0 Å². The molecule has 0 atom stereocenters. The molecule has 0 unspecified atom stereocenters. The largest absolute Gasteiger partial charge is 0.358 e. The number of aromatic amines is 1. The van der Waals surface area contributed by atoms with E-state index < -0.39 is 5.91 Å². The Morgan fingerprint density at radius 1 is 1.17 bits per heavy atom. The van der Waals surface area contributed by atoms with E-state index >= 15 is 0 Å². The zero-order valence-electron chi connectivity index (χ0n) is 13.6. The summed E-state index contributed by atoms with van der Waals surface area (Å²) in [5, 5.41) is 13.2. The van der Waals surface area contributed by atoms with E-state index in [2.05, 4.69) is 10.3 Å². The number of nitrogens with zero attached hydrogens (tertiary/aromatic N) is 1. The molecule has 24 heavy (non-hydrogen) atoms. The van der Waals surface area contributed by atoms with Crippen molar-refractivity contribution in [1.29, 1.82) is 5.26 Å². The molecule has 118 valence electrons. The van der Waals surface area contributed by atoms with Crippen molar-refractivity contribution in [2.24, 2.45) is 0 Å². The van der Waals surface area contributed by atoms with Gasteiger partial charge in [-0.3, -0.25) is 4.79 Å². The maximum absolute atomic E-state index is 12.4. The van der Waals surface area contributed by atoms with Gasteiger partial charge >= 0.3 is 0 Å². The van der Waals surface area contributed by atoms with Crippen LogP contribution in [-0.4, -0.2) is 10.9 Å². The number of benzene rings is 2. The van der Waals surface area contributed by atoms with Crippen LogP contribution < -0.4 is 5.32 Å². The van der Waals surface area contributed by atoms with Gasteiger partial charge in [0, 0.05) is 27.8 Å². The van der Waals surface area contributed by atoms with Crippen LogP contribution in [0, 0.1) is 25.2 Å². The van der Waals surface area contributed by atoms with Crippen LogP contribution in [0.1, 0.15) is 16.8 Å². The number of anilines is 1. The molecule has 0 bridgehead atoms. The van der Waals surface area contributed by atoms with Gasteiger partial charge in [0.05, 0.1) is 0 Å². The van der Waals surface area contributed by atoms with Crippen molar-refractivity contribution in [3.8, 4) is 6.07 Å². The third-order valence-electron chi connectivity index (χ3n) is 3.87. The van der Waals surface area contributed by atoms with Crippen LogP contribution in [0.25, 0.3) is 17.0 Å². The van der Waals surface area contributed by atoms with Crippen molar-refractivity contribution >= 4 is 28.6 Å². The van der Waals surface area contributed by atoms with Gasteiger partial charge in [0.2, 0.25) is 0 Å². The van der Waals surface area contributed by atoms with Crippen LogP contribution in [0.2, 0.25) is 0 Å². The van der Waals surface area contributed by atoms with Crippen molar-refractivity contribution in [2.75, 3.05) is 5.32 Å². The molecule has 1 aromatic heterocycles. The molecule has 0 aliphatic rings. The summed E-state index contributed by atoms with van der Waals surface area (Å²) in [7, 11) is 0. The molecule has 1 amide bonds. The third-order valence-corrected chi connectivity index (χ3v) is 3.87. The molecule has 4 nitrogen and oxygen atoms in total. The smallest absolute Gasteiger partial charge is 0.266 e. The highest BCUT2D eigenvalue weighted by molar-refractivity contribution is 6.11. The summed E-state index contributed by atoms with van der Waals surface area (Å²) in [5.41, 5.74) is 4.57. The topological polar surface area (TPSA) is 68.7 Å². The minimum Gasteiger partial charge on any atom is -0.358 e. The number of amides is 1. The lowest BCUT2D eigenvalue weighted by molar-refractivity contribution is -0.112. The summed E-state index contributed by atoms with van der Waals surface area (Å²) in [5.74, 6) is -0.409. The summed E-state index contributed by atoms with van der Waals surface area (Å²) in [6, 6.07) is 17.3. The van der Waals surface area contributed by atoms with Crippen molar-refractivity contribution < 1.29 is 4.79 Å². The molecule has 2 N–H and O–H groups in total. The number of aromatic nitrogens is 1.